The summed E-state index contributed by atoms with van der Waals surface area (Å²) in [4.78, 5) is 2.14. The second-order valence-electron chi connectivity index (χ2n) is 2.23. The second-order valence-corrected chi connectivity index (χ2v) is 3.09. The molecule has 0 aromatic carbocycles. The third-order valence-electron chi connectivity index (χ3n) is 1.52. The van der Waals surface area contributed by atoms with Crippen molar-refractivity contribution in [1.29, 1.82) is 0 Å². The van der Waals surface area contributed by atoms with Gasteiger partial charge < -0.3 is 10.2 Å². The van der Waals surface area contributed by atoms with Gasteiger partial charge in [-0.25, -0.2) is 0 Å². The van der Waals surface area contributed by atoms with Gasteiger partial charge in [0.1, 0.15) is 10.4 Å². The number of hydrogen-bond donors (Lipinski definition) is 1. The molecule has 2 aliphatic heterocycles. The van der Waals surface area contributed by atoms with Crippen LogP contribution in [0.1, 0.15) is 0 Å². The quantitative estimate of drug-likeness (QED) is 0.594. The van der Waals surface area contributed by atoms with Gasteiger partial charge in [-0.2, -0.15) is 0 Å². The van der Waals surface area contributed by atoms with E-state index in [2.05, 4.69) is 38.3 Å². The molecular formula is C7H7BrN2. The predicted molar refractivity (Wildman–Crippen MR) is 44.1 cm³/mol. The summed E-state index contributed by atoms with van der Waals surface area (Å²) in [5.74, 6) is 1.15. The van der Waals surface area contributed by atoms with E-state index in [1.807, 2.05) is 12.3 Å². The van der Waals surface area contributed by atoms with Crippen molar-refractivity contribution in [3.63, 3.8) is 0 Å². The summed E-state index contributed by atoms with van der Waals surface area (Å²) in [6.45, 7) is 0.966. The second kappa shape index (κ2) is 2.16. The van der Waals surface area contributed by atoms with Crippen molar-refractivity contribution in [2.75, 3.05) is 6.54 Å². The van der Waals surface area contributed by atoms with Crippen LogP contribution in [0.25, 0.3) is 0 Å². The number of rotatable bonds is 0. The Hall–Kier alpha value is -0.700. The molecular weight excluding hydrogens is 192 g/mol. The maximum Gasteiger partial charge on any atom is 0.111 e. The largest absolute Gasteiger partial charge is 0.335 e. The zero-order valence-electron chi connectivity index (χ0n) is 5.34. The normalized spacial score (nSPS) is 21.5. The van der Waals surface area contributed by atoms with E-state index in [0.29, 0.717) is 0 Å². The summed E-state index contributed by atoms with van der Waals surface area (Å²) in [7, 11) is 0. The fourth-order valence-corrected chi connectivity index (χ4v) is 1.51. The Morgan fingerprint density at radius 1 is 1.60 bits per heavy atom. The Kier molecular flexibility index (Phi) is 1.31. The average Bonchev–Trinajstić information content (AvgIpc) is 2.27. The van der Waals surface area contributed by atoms with Crippen molar-refractivity contribution in [3.8, 4) is 0 Å². The SMILES string of the molecule is BrC1=CN2CC=CC=C2N1. The lowest BCUT2D eigenvalue weighted by molar-refractivity contribution is 0.513. The van der Waals surface area contributed by atoms with Crippen molar-refractivity contribution in [3.05, 3.63) is 34.9 Å². The predicted octanol–water partition coefficient (Wildman–Crippen LogP) is 1.50. The lowest BCUT2D eigenvalue weighted by atomic mass is 10.3. The molecule has 10 heavy (non-hydrogen) atoms. The molecule has 0 aromatic rings. The molecule has 2 nitrogen and oxygen atoms in total. The topological polar surface area (TPSA) is 15.3 Å². The number of fused-ring (bicyclic) bond motifs is 1. The van der Waals surface area contributed by atoms with Crippen molar-refractivity contribution in [1.82, 2.24) is 10.2 Å². The average molecular weight is 199 g/mol. The molecule has 0 radical (unpaired) electrons. The number of halogens is 1. The fraction of sp³-hybridized carbons (Fsp3) is 0.143. The molecule has 0 unspecified atom stereocenters. The van der Waals surface area contributed by atoms with Gasteiger partial charge in [0.15, 0.2) is 0 Å². The third-order valence-corrected chi connectivity index (χ3v) is 1.92. The van der Waals surface area contributed by atoms with Gasteiger partial charge in [-0.3, -0.25) is 0 Å². The summed E-state index contributed by atoms with van der Waals surface area (Å²) >= 11 is 3.37. The zero-order valence-corrected chi connectivity index (χ0v) is 6.93. The summed E-state index contributed by atoms with van der Waals surface area (Å²) in [5, 5.41) is 3.17. The van der Waals surface area contributed by atoms with E-state index in [0.717, 1.165) is 17.0 Å². The van der Waals surface area contributed by atoms with E-state index < -0.39 is 0 Å². The first-order valence-electron chi connectivity index (χ1n) is 3.14. The molecule has 3 heteroatoms. The highest BCUT2D eigenvalue weighted by molar-refractivity contribution is 9.11. The molecule has 0 aliphatic carbocycles. The summed E-state index contributed by atoms with van der Waals surface area (Å²) < 4.78 is 1.03. The van der Waals surface area contributed by atoms with Crippen LogP contribution in [0.5, 0.6) is 0 Å². The molecule has 0 bridgehead atoms. The first-order chi connectivity index (χ1) is 4.86. The summed E-state index contributed by atoms with van der Waals surface area (Å²) in [5.41, 5.74) is 0. The van der Waals surface area contributed by atoms with E-state index in [9.17, 15) is 0 Å². The van der Waals surface area contributed by atoms with Crippen molar-refractivity contribution >= 4 is 15.9 Å². The minimum absolute atomic E-state index is 0.966. The van der Waals surface area contributed by atoms with Gasteiger partial charge in [0, 0.05) is 12.7 Å². The lowest BCUT2D eigenvalue weighted by Crippen LogP contribution is -2.20. The molecule has 2 rings (SSSR count). The van der Waals surface area contributed by atoms with Gasteiger partial charge in [-0.05, 0) is 22.0 Å². The van der Waals surface area contributed by atoms with Gasteiger partial charge >= 0.3 is 0 Å². The van der Waals surface area contributed by atoms with Gasteiger partial charge in [0.05, 0.1) is 0 Å². The highest BCUT2D eigenvalue weighted by Crippen LogP contribution is 2.19. The first kappa shape index (κ1) is 6.04. The van der Waals surface area contributed by atoms with Crippen LogP contribution in [-0.2, 0) is 0 Å². The van der Waals surface area contributed by atoms with E-state index in [4.69, 9.17) is 0 Å². The molecule has 2 heterocycles. The maximum atomic E-state index is 3.37. The molecule has 0 saturated carbocycles. The minimum atomic E-state index is 0.966. The van der Waals surface area contributed by atoms with Crippen LogP contribution in [0.4, 0.5) is 0 Å². The molecule has 0 atom stereocenters. The molecule has 0 amide bonds. The van der Waals surface area contributed by atoms with Crippen LogP contribution in [0.3, 0.4) is 0 Å². The van der Waals surface area contributed by atoms with Crippen LogP contribution in [0.2, 0.25) is 0 Å². The molecule has 0 spiro atoms. The standard InChI is InChI=1S/C7H7BrN2/c8-6-5-10-4-2-1-3-7(10)9-6/h1-3,5,9H,4H2. The van der Waals surface area contributed by atoms with E-state index in [1.54, 1.807) is 0 Å². The van der Waals surface area contributed by atoms with Crippen LogP contribution in [0.15, 0.2) is 34.9 Å². The molecule has 0 fully saturated rings. The highest BCUT2D eigenvalue weighted by atomic mass is 79.9. The van der Waals surface area contributed by atoms with Gasteiger partial charge in [-0.1, -0.05) is 12.2 Å². The van der Waals surface area contributed by atoms with Crippen molar-refractivity contribution in [2.45, 2.75) is 0 Å². The minimum Gasteiger partial charge on any atom is -0.335 e. The first-order valence-corrected chi connectivity index (χ1v) is 3.93. The fourth-order valence-electron chi connectivity index (χ4n) is 1.05. The van der Waals surface area contributed by atoms with E-state index in [-0.39, 0.29) is 0 Å². The Morgan fingerprint density at radius 3 is 3.30 bits per heavy atom. The van der Waals surface area contributed by atoms with Crippen LogP contribution >= 0.6 is 15.9 Å². The lowest BCUT2D eigenvalue weighted by Gasteiger charge is -2.17. The van der Waals surface area contributed by atoms with Gasteiger partial charge in [0.25, 0.3) is 0 Å². The zero-order chi connectivity index (χ0) is 6.97. The van der Waals surface area contributed by atoms with Crippen LogP contribution in [0, 0.1) is 0 Å². The number of nitrogens with one attached hydrogen (secondary N) is 1. The summed E-state index contributed by atoms with van der Waals surface area (Å²) in [6, 6.07) is 0. The molecule has 0 aromatic heterocycles. The highest BCUT2D eigenvalue weighted by Gasteiger charge is 2.14. The van der Waals surface area contributed by atoms with Crippen molar-refractivity contribution < 1.29 is 0 Å². The third kappa shape index (κ3) is 0.865. The Labute approximate surface area is 68.0 Å². The van der Waals surface area contributed by atoms with E-state index in [1.165, 1.54) is 0 Å². The smallest absolute Gasteiger partial charge is 0.111 e. The van der Waals surface area contributed by atoms with Crippen LogP contribution < -0.4 is 5.32 Å². The molecule has 52 valence electrons. The van der Waals surface area contributed by atoms with E-state index >= 15 is 0 Å². The van der Waals surface area contributed by atoms with Gasteiger partial charge in [-0.15, -0.1) is 0 Å². The maximum absolute atomic E-state index is 3.37. The van der Waals surface area contributed by atoms with Crippen LogP contribution in [-0.4, -0.2) is 11.4 Å². The van der Waals surface area contributed by atoms with Crippen molar-refractivity contribution in [2.24, 2.45) is 0 Å². The Bertz CT molecular complexity index is 240. The molecule has 2 aliphatic rings. The molecule has 0 saturated heterocycles. The number of allylic oxidation sites excluding steroid dienone is 2. The summed E-state index contributed by atoms with van der Waals surface area (Å²) in [6.07, 6.45) is 8.26. The monoisotopic (exact) mass is 198 g/mol. The Morgan fingerprint density at radius 2 is 2.50 bits per heavy atom. The number of hydrogen-bond acceptors (Lipinski definition) is 2. The van der Waals surface area contributed by atoms with Gasteiger partial charge in [0.2, 0.25) is 0 Å². The molecule has 1 N–H and O–H groups in total. The Balaban J connectivity index is 2.28. The number of nitrogens with zero attached hydrogens (tertiary/aromatic N) is 1.